The van der Waals surface area contributed by atoms with Gasteiger partial charge in [-0.25, -0.2) is 5.48 Å². The molecule has 4 nitrogen and oxygen atoms in total. The van der Waals surface area contributed by atoms with Crippen molar-refractivity contribution < 1.29 is 15.1 Å². The largest absolute Gasteiger partial charge is 0.481 e. The number of aliphatic carboxylic acids is 1. The van der Waals surface area contributed by atoms with Gasteiger partial charge in [0.15, 0.2) is 0 Å². The number of nitrogens with one attached hydrogen (secondary N) is 1. The smallest absolute Gasteiger partial charge is 0.309 e. The summed E-state index contributed by atoms with van der Waals surface area (Å²) in [5, 5.41) is 17.7. The third kappa shape index (κ3) is 3.64. The molecule has 3 N–H and O–H groups in total. The number of hydrogen-bond acceptors (Lipinski definition) is 3. The minimum absolute atomic E-state index is 0.184. The summed E-state index contributed by atoms with van der Waals surface area (Å²) >= 11 is 0. The molecule has 0 heterocycles. The molecule has 0 bridgehead atoms. The van der Waals surface area contributed by atoms with Crippen LogP contribution in [-0.2, 0) is 4.79 Å². The predicted octanol–water partition coefficient (Wildman–Crippen LogP) is 1.88. The van der Waals surface area contributed by atoms with Crippen molar-refractivity contribution in [3.05, 3.63) is 0 Å². The van der Waals surface area contributed by atoms with E-state index >= 15 is 0 Å². The average Bonchev–Trinajstić information content (AvgIpc) is 2.03. The molecule has 0 rings (SSSR count). The maximum atomic E-state index is 10.9. The van der Waals surface area contributed by atoms with E-state index in [1.54, 1.807) is 13.8 Å². The fourth-order valence-corrected chi connectivity index (χ4v) is 1.65. The first-order valence-electron chi connectivity index (χ1n) is 4.88. The van der Waals surface area contributed by atoms with Gasteiger partial charge >= 0.3 is 5.97 Å². The van der Waals surface area contributed by atoms with E-state index in [0.29, 0.717) is 13.0 Å². The van der Waals surface area contributed by atoms with E-state index in [-0.39, 0.29) is 5.41 Å². The fourth-order valence-electron chi connectivity index (χ4n) is 1.65. The van der Waals surface area contributed by atoms with Gasteiger partial charge in [0, 0.05) is 6.54 Å². The van der Waals surface area contributed by atoms with Crippen LogP contribution in [0.15, 0.2) is 0 Å². The molecule has 0 aliphatic heterocycles. The monoisotopic (exact) mass is 203 g/mol. The number of carboxylic acid groups (broad SMARTS) is 1. The van der Waals surface area contributed by atoms with Crippen molar-refractivity contribution in [3.8, 4) is 0 Å². The molecule has 0 spiro atoms. The maximum absolute atomic E-state index is 10.9. The summed E-state index contributed by atoms with van der Waals surface area (Å²) in [6, 6.07) is 0. The van der Waals surface area contributed by atoms with Gasteiger partial charge in [-0.1, -0.05) is 13.8 Å². The molecule has 0 amide bonds. The number of carboxylic acids is 1. The quantitative estimate of drug-likeness (QED) is 0.576. The van der Waals surface area contributed by atoms with Gasteiger partial charge in [-0.3, -0.25) is 4.79 Å². The van der Waals surface area contributed by atoms with Crippen molar-refractivity contribution in [2.24, 2.45) is 10.8 Å². The van der Waals surface area contributed by atoms with Gasteiger partial charge in [0.25, 0.3) is 0 Å². The molecule has 14 heavy (non-hydrogen) atoms. The van der Waals surface area contributed by atoms with Gasteiger partial charge in [0.05, 0.1) is 5.41 Å². The van der Waals surface area contributed by atoms with Crippen molar-refractivity contribution >= 4 is 5.97 Å². The molecule has 0 aromatic heterocycles. The molecule has 0 saturated heterocycles. The summed E-state index contributed by atoms with van der Waals surface area (Å²) in [6.07, 6.45) is 1.37. The standard InChI is InChI=1S/C10H21NO3/c1-5-10(4,7-11-14)6-9(2,3)8(12)13/h11,14H,5-7H2,1-4H3,(H,12,13). The first-order valence-corrected chi connectivity index (χ1v) is 4.88. The highest BCUT2D eigenvalue weighted by atomic mass is 16.5. The Kier molecular flexibility index (Phi) is 4.55. The molecule has 0 aromatic rings. The molecular formula is C10H21NO3. The molecule has 0 radical (unpaired) electrons. The lowest BCUT2D eigenvalue weighted by Crippen LogP contribution is -2.37. The van der Waals surface area contributed by atoms with Crippen LogP contribution < -0.4 is 5.48 Å². The highest BCUT2D eigenvalue weighted by molar-refractivity contribution is 5.73. The van der Waals surface area contributed by atoms with Crippen molar-refractivity contribution in [1.29, 1.82) is 0 Å². The summed E-state index contributed by atoms with van der Waals surface area (Å²) < 4.78 is 0. The zero-order chi connectivity index (χ0) is 11.4. The molecule has 0 saturated carbocycles. The molecule has 0 fully saturated rings. The zero-order valence-electron chi connectivity index (χ0n) is 9.42. The van der Waals surface area contributed by atoms with Crippen LogP contribution in [0.1, 0.15) is 40.5 Å². The second kappa shape index (κ2) is 4.75. The van der Waals surface area contributed by atoms with Crippen LogP contribution in [0.2, 0.25) is 0 Å². The van der Waals surface area contributed by atoms with E-state index in [0.717, 1.165) is 6.42 Å². The predicted molar refractivity (Wildman–Crippen MR) is 54.2 cm³/mol. The van der Waals surface area contributed by atoms with Crippen molar-refractivity contribution in [3.63, 3.8) is 0 Å². The van der Waals surface area contributed by atoms with Crippen molar-refractivity contribution in [1.82, 2.24) is 5.48 Å². The number of hydrogen-bond donors (Lipinski definition) is 3. The summed E-state index contributed by atoms with van der Waals surface area (Å²) in [7, 11) is 0. The lowest BCUT2D eigenvalue weighted by molar-refractivity contribution is -0.149. The Balaban J connectivity index is 4.52. The summed E-state index contributed by atoms with van der Waals surface area (Å²) in [4.78, 5) is 10.9. The van der Waals surface area contributed by atoms with Crippen molar-refractivity contribution in [2.75, 3.05) is 6.54 Å². The third-order valence-corrected chi connectivity index (χ3v) is 2.81. The lowest BCUT2D eigenvalue weighted by atomic mass is 9.72. The van der Waals surface area contributed by atoms with E-state index in [1.807, 2.05) is 13.8 Å². The first-order chi connectivity index (χ1) is 6.27. The van der Waals surface area contributed by atoms with E-state index in [1.165, 1.54) is 0 Å². The SMILES string of the molecule is CCC(C)(CNO)CC(C)(C)C(=O)O. The minimum atomic E-state index is -0.796. The van der Waals surface area contributed by atoms with Crippen LogP contribution in [0, 0.1) is 10.8 Å². The summed E-state index contributed by atoms with van der Waals surface area (Å²) in [6.45, 7) is 7.80. The Morgan fingerprint density at radius 2 is 1.86 bits per heavy atom. The molecule has 0 aliphatic carbocycles. The number of carbonyl (C=O) groups is 1. The third-order valence-electron chi connectivity index (χ3n) is 2.81. The normalized spacial score (nSPS) is 16.4. The van der Waals surface area contributed by atoms with E-state index in [2.05, 4.69) is 5.48 Å². The van der Waals surface area contributed by atoms with Gasteiger partial charge in [0.1, 0.15) is 0 Å². The topological polar surface area (TPSA) is 69.6 Å². The van der Waals surface area contributed by atoms with E-state index < -0.39 is 11.4 Å². The average molecular weight is 203 g/mol. The number of hydroxylamine groups is 1. The second-order valence-electron chi connectivity index (χ2n) is 4.86. The van der Waals surface area contributed by atoms with Crippen LogP contribution >= 0.6 is 0 Å². The Labute approximate surface area is 85.3 Å². The Hall–Kier alpha value is -0.610. The van der Waals surface area contributed by atoms with Gasteiger partial charge in [-0.15, -0.1) is 0 Å². The van der Waals surface area contributed by atoms with E-state index in [9.17, 15) is 4.79 Å². The summed E-state index contributed by atoms with van der Waals surface area (Å²) in [5.41, 5.74) is 1.20. The van der Waals surface area contributed by atoms with Crippen LogP contribution in [0.5, 0.6) is 0 Å². The fraction of sp³-hybridized carbons (Fsp3) is 0.900. The van der Waals surface area contributed by atoms with Gasteiger partial charge in [0.2, 0.25) is 0 Å². The van der Waals surface area contributed by atoms with Crippen LogP contribution in [0.3, 0.4) is 0 Å². The molecule has 0 aliphatic rings. The highest BCUT2D eigenvalue weighted by Gasteiger charge is 2.36. The zero-order valence-corrected chi connectivity index (χ0v) is 9.42. The molecule has 4 heteroatoms. The van der Waals surface area contributed by atoms with E-state index in [4.69, 9.17) is 10.3 Å². The first kappa shape index (κ1) is 13.4. The second-order valence-corrected chi connectivity index (χ2v) is 4.86. The van der Waals surface area contributed by atoms with Crippen LogP contribution in [-0.4, -0.2) is 22.8 Å². The molecule has 0 aromatic carbocycles. The lowest BCUT2D eigenvalue weighted by Gasteiger charge is -2.34. The molecule has 1 unspecified atom stereocenters. The Morgan fingerprint density at radius 1 is 1.36 bits per heavy atom. The summed E-state index contributed by atoms with van der Waals surface area (Å²) in [5.74, 6) is -0.796. The van der Waals surface area contributed by atoms with Gasteiger partial charge < -0.3 is 10.3 Å². The molecular weight excluding hydrogens is 182 g/mol. The molecule has 1 atom stereocenters. The van der Waals surface area contributed by atoms with Crippen LogP contribution in [0.4, 0.5) is 0 Å². The Bertz CT molecular complexity index is 204. The maximum Gasteiger partial charge on any atom is 0.309 e. The van der Waals surface area contributed by atoms with Crippen LogP contribution in [0.25, 0.3) is 0 Å². The van der Waals surface area contributed by atoms with Gasteiger partial charge in [-0.2, -0.15) is 0 Å². The Morgan fingerprint density at radius 3 is 2.14 bits per heavy atom. The highest BCUT2D eigenvalue weighted by Crippen LogP contribution is 2.36. The van der Waals surface area contributed by atoms with Gasteiger partial charge in [-0.05, 0) is 32.1 Å². The minimum Gasteiger partial charge on any atom is -0.481 e. The molecule has 84 valence electrons. The van der Waals surface area contributed by atoms with Crippen molar-refractivity contribution in [2.45, 2.75) is 40.5 Å². The number of rotatable bonds is 6.